The molecule has 3 rings (SSSR count). The first kappa shape index (κ1) is 18.3. The number of methoxy groups -OCH3 is 1. The SMILES string of the molecule is CCn1cc(-c2ccnc(S(C)(=O)=O)n2)c(-c2cc(Cl)cc(OC)c2)n1. The number of ether oxygens (including phenoxy) is 1. The molecule has 0 aliphatic heterocycles. The molecule has 26 heavy (non-hydrogen) atoms. The Morgan fingerprint density at radius 3 is 2.69 bits per heavy atom. The van der Waals surface area contributed by atoms with Gasteiger partial charge in [0.25, 0.3) is 0 Å². The van der Waals surface area contributed by atoms with Gasteiger partial charge in [0, 0.05) is 41.3 Å². The second kappa shape index (κ2) is 7.05. The van der Waals surface area contributed by atoms with E-state index in [9.17, 15) is 8.42 Å². The topological polar surface area (TPSA) is 87.0 Å². The van der Waals surface area contributed by atoms with Gasteiger partial charge in [-0.2, -0.15) is 5.10 Å². The zero-order valence-corrected chi connectivity index (χ0v) is 16.0. The lowest BCUT2D eigenvalue weighted by molar-refractivity contribution is 0.415. The molecule has 0 unspecified atom stereocenters. The normalized spacial score (nSPS) is 11.5. The Morgan fingerprint density at radius 1 is 1.27 bits per heavy atom. The van der Waals surface area contributed by atoms with Gasteiger partial charge in [0.2, 0.25) is 15.0 Å². The standard InChI is InChI=1S/C17H17ClN4O3S/c1-4-22-10-14(15-5-6-19-17(20-15)26(3,23)24)16(21-22)11-7-12(18)9-13(8-11)25-2/h5-10H,4H2,1-3H3. The molecule has 3 aromatic rings. The zero-order chi connectivity index (χ0) is 18.9. The summed E-state index contributed by atoms with van der Waals surface area (Å²) in [7, 11) is -1.96. The third-order valence-electron chi connectivity index (χ3n) is 3.71. The van der Waals surface area contributed by atoms with Crippen molar-refractivity contribution in [1.29, 1.82) is 0 Å². The average Bonchev–Trinajstić information content (AvgIpc) is 3.05. The summed E-state index contributed by atoms with van der Waals surface area (Å²) in [5, 5.41) is 4.86. The molecule has 0 saturated heterocycles. The molecule has 2 heterocycles. The average molecular weight is 393 g/mol. The van der Waals surface area contributed by atoms with E-state index >= 15 is 0 Å². The van der Waals surface area contributed by atoms with Gasteiger partial charge < -0.3 is 4.74 Å². The van der Waals surface area contributed by atoms with Crippen LogP contribution in [0.4, 0.5) is 0 Å². The van der Waals surface area contributed by atoms with E-state index in [-0.39, 0.29) is 5.16 Å². The molecule has 0 fully saturated rings. The van der Waals surface area contributed by atoms with Gasteiger partial charge in [-0.05, 0) is 31.2 Å². The lowest BCUT2D eigenvalue weighted by atomic mass is 10.1. The van der Waals surface area contributed by atoms with Gasteiger partial charge in [0.15, 0.2) is 0 Å². The molecule has 1 aromatic carbocycles. The number of nitrogens with zero attached hydrogens (tertiary/aromatic N) is 4. The van der Waals surface area contributed by atoms with Gasteiger partial charge in [-0.15, -0.1) is 0 Å². The largest absolute Gasteiger partial charge is 0.497 e. The van der Waals surface area contributed by atoms with Crippen LogP contribution in [0.5, 0.6) is 5.75 Å². The molecule has 0 atom stereocenters. The lowest BCUT2D eigenvalue weighted by Crippen LogP contribution is -2.04. The first-order valence-electron chi connectivity index (χ1n) is 7.77. The van der Waals surface area contributed by atoms with Gasteiger partial charge in [0.05, 0.1) is 12.8 Å². The smallest absolute Gasteiger partial charge is 0.247 e. The lowest BCUT2D eigenvalue weighted by Gasteiger charge is -2.06. The van der Waals surface area contributed by atoms with Crippen LogP contribution in [-0.4, -0.2) is 41.5 Å². The molecule has 0 spiro atoms. The highest BCUT2D eigenvalue weighted by atomic mass is 35.5. The Hall–Kier alpha value is -2.45. The fourth-order valence-corrected chi connectivity index (χ4v) is 3.21. The van der Waals surface area contributed by atoms with Crippen molar-refractivity contribution in [2.24, 2.45) is 0 Å². The molecule has 0 amide bonds. The minimum atomic E-state index is -3.52. The van der Waals surface area contributed by atoms with Crippen LogP contribution in [0.1, 0.15) is 6.92 Å². The van der Waals surface area contributed by atoms with E-state index in [0.717, 1.165) is 11.8 Å². The summed E-state index contributed by atoms with van der Waals surface area (Å²) < 4.78 is 30.6. The van der Waals surface area contributed by atoms with E-state index < -0.39 is 9.84 Å². The monoisotopic (exact) mass is 392 g/mol. The summed E-state index contributed by atoms with van der Waals surface area (Å²) in [5.74, 6) is 0.601. The summed E-state index contributed by atoms with van der Waals surface area (Å²) in [4.78, 5) is 8.04. The number of sulfone groups is 1. The Bertz CT molecular complexity index is 1060. The second-order valence-corrected chi connectivity index (χ2v) is 7.97. The van der Waals surface area contributed by atoms with Crippen molar-refractivity contribution in [3.05, 3.63) is 41.7 Å². The highest BCUT2D eigenvalue weighted by molar-refractivity contribution is 7.90. The molecule has 2 aromatic heterocycles. The van der Waals surface area contributed by atoms with Crippen molar-refractivity contribution in [2.45, 2.75) is 18.6 Å². The first-order valence-corrected chi connectivity index (χ1v) is 10.0. The third kappa shape index (κ3) is 3.71. The Morgan fingerprint density at radius 2 is 2.04 bits per heavy atom. The van der Waals surface area contributed by atoms with Crippen molar-refractivity contribution in [2.75, 3.05) is 13.4 Å². The van der Waals surface area contributed by atoms with Crippen LogP contribution in [0.2, 0.25) is 5.02 Å². The molecule has 0 radical (unpaired) electrons. The number of aryl methyl sites for hydroxylation is 1. The number of rotatable bonds is 5. The summed E-state index contributed by atoms with van der Waals surface area (Å²) >= 11 is 6.18. The van der Waals surface area contributed by atoms with Crippen LogP contribution in [0.25, 0.3) is 22.5 Å². The van der Waals surface area contributed by atoms with E-state index in [1.165, 1.54) is 6.20 Å². The van der Waals surface area contributed by atoms with Crippen LogP contribution in [0.3, 0.4) is 0 Å². The van der Waals surface area contributed by atoms with Gasteiger partial charge in [0.1, 0.15) is 11.4 Å². The van der Waals surface area contributed by atoms with Crippen LogP contribution in [-0.2, 0) is 16.4 Å². The van der Waals surface area contributed by atoms with Gasteiger partial charge in [-0.25, -0.2) is 18.4 Å². The van der Waals surface area contributed by atoms with Crippen LogP contribution >= 0.6 is 11.6 Å². The quantitative estimate of drug-likeness (QED) is 0.620. The Kier molecular flexibility index (Phi) is 4.97. The number of hydrogen-bond donors (Lipinski definition) is 0. The minimum Gasteiger partial charge on any atom is -0.497 e. The molecule has 0 bridgehead atoms. The van der Waals surface area contributed by atoms with Gasteiger partial charge in [-0.1, -0.05) is 11.6 Å². The molecule has 7 nitrogen and oxygen atoms in total. The van der Waals surface area contributed by atoms with E-state index in [2.05, 4.69) is 15.1 Å². The van der Waals surface area contributed by atoms with Crippen molar-refractivity contribution in [3.63, 3.8) is 0 Å². The number of hydrogen-bond acceptors (Lipinski definition) is 6. The fourth-order valence-electron chi connectivity index (χ4n) is 2.47. The van der Waals surface area contributed by atoms with Crippen molar-refractivity contribution in [1.82, 2.24) is 19.7 Å². The molecule has 0 N–H and O–H groups in total. The Labute approximate surface area is 156 Å². The first-order chi connectivity index (χ1) is 12.3. The molecule has 9 heteroatoms. The molecular weight excluding hydrogens is 376 g/mol. The minimum absolute atomic E-state index is 0.228. The zero-order valence-electron chi connectivity index (χ0n) is 14.5. The summed E-state index contributed by atoms with van der Waals surface area (Å²) in [6.07, 6.45) is 4.31. The van der Waals surface area contributed by atoms with Gasteiger partial charge >= 0.3 is 0 Å². The summed E-state index contributed by atoms with van der Waals surface area (Å²) in [6.45, 7) is 2.61. The second-order valence-electron chi connectivity index (χ2n) is 5.62. The maximum atomic E-state index is 11.8. The number of aromatic nitrogens is 4. The number of benzene rings is 1. The van der Waals surface area contributed by atoms with E-state index in [4.69, 9.17) is 16.3 Å². The number of halogens is 1. The summed E-state index contributed by atoms with van der Waals surface area (Å²) in [5.41, 5.74) is 2.53. The van der Waals surface area contributed by atoms with Crippen molar-refractivity contribution >= 4 is 21.4 Å². The predicted molar refractivity (Wildman–Crippen MR) is 99.0 cm³/mol. The van der Waals surface area contributed by atoms with E-state index in [1.54, 1.807) is 30.0 Å². The van der Waals surface area contributed by atoms with Crippen molar-refractivity contribution in [3.8, 4) is 28.3 Å². The third-order valence-corrected chi connectivity index (χ3v) is 4.79. The van der Waals surface area contributed by atoms with E-state index in [0.29, 0.717) is 34.3 Å². The molecular formula is C17H17ClN4O3S. The van der Waals surface area contributed by atoms with E-state index in [1.807, 2.05) is 19.2 Å². The highest BCUT2D eigenvalue weighted by Gasteiger charge is 2.18. The highest BCUT2D eigenvalue weighted by Crippen LogP contribution is 2.34. The predicted octanol–water partition coefficient (Wildman–Crippen LogP) is 3.09. The van der Waals surface area contributed by atoms with Crippen LogP contribution in [0, 0.1) is 0 Å². The molecule has 0 saturated carbocycles. The van der Waals surface area contributed by atoms with Gasteiger partial charge in [-0.3, -0.25) is 4.68 Å². The maximum Gasteiger partial charge on any atom is 0.247 e. The maximum absolute atomic E-state index is 11.8. The fraction of sp³-hybridized carbons (Fsp3) is 0.235. The van der Waals surface area contributed by atoms with Crippen LogP contribution in [0.15, 0.2) is 41.8 Å². The van der Waals surface area contributed by atoms with Crippen molar-refractivity contribution < 1.29 is 13.2 Å². The van der Waals surface area contributed by atoms with Crippen LogP contribution < -0.4 is 4.74 Å². The summed E-state index contributed by atoms with van der Waals surface area (Å²) in [6, 6.07) is 6.94. The molecule has 0 aliphatic rings. The molecule has 0 aliphatic carbocycles. The Balaban J connectivity index is 2.21. The molecule has 136 valence electrons.